The minimum absolute atomic E-state index is 0.0991. The molecule has 0 atom stereocenters. The third-order valence-electron chi connectivity index (χ3n) is 5.02. The zero-order valence-electron chi connectivity index (χ0n) is 15.0. The van der Waals surface area contributed by atoms with Crippen LogP contribution in [0.4, 0.5) is 5.69 Å². The van der Waals surface area contributed by atoms with Gasteiger partial charge in [0.2, 0.25) is 5.91 Å². The number of aromatic amines is 2. The van der Waals surface area contributed by atoms with Gasteiger partial charge in [-0.1, -0.05) is 23.7 Å². The third kappa shape index (κ3) is 3.52. The number of nitrogens with zero attached hydrogens (tertiary/aromatic N) is 2. The average molecular weight is 415 g/mol. The van der Waals surface area contributed by atoms with Crippen molar-refractivity contribution in [3.8, 4) is 0 Å². The standard InChI is InChI=1S/C19H15ClN4O5/c20-11-3-1-10(2-4-11)7-16(25)23-6-5-12-13(9-23)17-14(8-15(12)24(28)29)21-18(26)19(27)22-17/h1-4,8H,5-7,9H2,(H,21,26)(H,22,27). The van der Waals surface area contributed by atoms with Crippen molar-refractivity contribution in [2.45, 2.75) is 19.4 Å². The molecule has 10 heteroatoms. The molecule has 2 aromatic carbocycles. The van der Waals surface area contributed by atoms with Gasteiger partial charge in [0.15, 0.2) is 0 Å². The second-order valence-corrected chi connectivity index (χ2v) is 7.25. The first-order chi connectivity index (χ1) is 13.8. The molecular formula is C19H15ClN4O5. The van der Waals surface area contributed by atoms with Crippen LogP contribution in [0.15, 0.2) is 39.9 Å². The van der Waals surface area contributed by atoms with Crippen molar-refractivity contribution in [3.05, 3.63) is 82.9 Å². The van der Waals surface area contributed by atoms with E-state index in [-0.39, 0.29) is 36.5 Å². The summed E-state index contributed by atoms with van der Waals surface area (Å²) >= 11 is 5.87. The molecule has 148 valence electrons. The van der Waals surface area contributed by atoms with E-state index in [1.807, 2.05) is 0 Å². The summed E-state index contributed by atoms with van der Waals surface area (Å²) in [5.41, 5.74) is 0.313. The number of carbonyl (C=O) groups excluding carboxylic acids is 1. The Labute approximate surface area is 168 Å². The second kappa shape index (κ2) is 7.17. The first kappa shape index (κ1) is 18.9. The van der Waals surface area contributed by atoms with E-state index in [2.05, 4.69) is 9.97 Å². The normalized spacial score (nSPS) is 13.3. The van der Waals surface area contributed by atoms with Gasteiger partial charge in [0.05, 0.1) is 22.4 Å². The molecule has 1 aliphatic heterocycles. The Kier molecular flexibility index (Phi) is 4.67. The Morgan fingerprint density at radius 3 is 2.52 bits per heavy atom. The Bertz CT molecular complexity index is 1260. The topological polar surface area (TPSA) is 129 Å². The number of rotatable bonds is 3. The first-order valence-electron chi connectivity index (χ1n) is 8.81. The van der Waals surface area contributed by atoms with Gasteiger partial charge in [-0.2, -0.15) is 0 Å². The predicted molar refractivity (Wildman–Crippen MR) is 106 cm³/mol. The molecule has 0 aliphatic carbocycles. The molecule has 0 fully saturated rings. The van der Waals surface area contributed by atoms with Crippen molar-refractivity contribution in [1.82, 2.24) is 14.9 Å². The van der Waals surface area contributed by atoms with Crippen LogP contribution in [-0.2, 0) is 24.2 Å². The van der Waals surface area contributed by atoms with E-state index in [9.17, 15) is 24.5 Å². The number of aromatic nitrogens is 2. The van der Waals surface area contributed by atoms with Gasteiger partial charge in [-0.25, -0.2) is 0 Å². The molecule has 9 nitrogen and oxygen atoms in total. The quantitative estimate of drug-likeness (QED) is 0.384. The first-order valence-corrected chi connectivity index (χ1v) is 9.19. The Balaban J connectivity index is 1.73. The molecule has 0 spiro atoms. The number of hydrogen-bond donors (Lipinski definition) is 2. The van der Waals surface area contributed by atoms with Crippen molar-refractivity contribution in [3.63, 3.8) is 0 Å². The van der Waals surface area contributed by atoms with Gasteiger partial charge in [0.1, 0.15) is 0 Å². The molecule has 0 saturated carbocycles. The Hall–Kier alpha value is -3.46. The van der Waals surface area contributed by atoms with E-state index in [4.69, 9.17) is 11.6 Å². The fourth-order valence-electron chi connectivity index (χ4n) is 3.59. The number of fused-ring (bicyclic) bond motifs is 3. The summed E-state index contributed by atoms with van der Waals surface area (Å²) in [7, 11) is 0. The predicted octanol–water partition coefficient (Wildman–Crippen LogP) is 1.91. The van der Waals surface area contributed by atoms with E-state index in [1.54, 1.807) is 29.2 Å². The number of carbonyl (C=O) groups is 1. The highest BCUT2D eigenvalue weighted by molar-refractivity contribution is 6.30. The summed E-state index contributed by atoms with van der Waals surface area (Å²) in [5.74, 6) is -0.149. The molecular weight excluding hydrogens is 400 g/mol. The van der Waals surface area contributed by atoms with E-state index < -0.39 is 16.0 Å². The van der Waals surface area contributed by atoms with Gasteiger partial charge >= 0.3 is 11.1 Å². The molecule has 3 aromatic rings. The number of amides is 1. The van der Waals surface area contributed by atoms with Crippen LogP contribution in [0.3, 0.4) is 0 Å². The van der Waals surface area contributed by atoms with E-state index >= 15 is 0 Å². The molecule has 0 unspecified atom stereocenters. The highest BCUT2D eigenvalue weighted by atomic mass is 35.5. The van der Waals surface area contributed by atoms with Gasteiger partial charge in [-0.15, -0.1) is 0 Å². The molecule has 1 aliphatic rings. The highest BCUT2D eigenvalue weighted by Gasteiger charge is 2.29. The molecule has 0 saturated heterocycles. The zero-order valence-corrected chi connectivity index (χ0v) is 15.8. The summed E-state index contributed by atoms with van der Waals surface area (Å²) in [6.07, 6.45) is 0.432. The number of nitro benzene ring substituents is 1. The largest absolute Gasteiger partial charge is 0.338 e. The zero-order chi connectivity index (χ0) is 20.7. The Morgan fingerprint density at radius 1 is 1.14 bits per heavy atom. The smallest absolute Gasteiger partial charge is 0.314 e. The monoisotopic (exact) mass is 414 g/mol. The second-order valence-electron chi connectivity index (χ2n) is 6.81. The van der Waals surface area contributed by atoms with Crippen LogP contribution in [0.5, 0.6) is 0 Å². The molecule has 1 amide bonds. The average Bonchev–Trinajstić information content (AvgIpc) is 2.69. The van der Waals surface area contributed by atoms with Gasteiger partial charge in [-0.3, -0.25) is 24.5 Å². The van der Waals surface area contributed by atoms with Crippen LogP contribution >= 0.6 is 11.6 Å². The maximum atomic E-state index is 12.8. The van der Waals surface area contributed by atoms with Crippen LogP contribution in [-0.4, -0.2) is 32.2 Å². The van der Waals surface area contributed by atoms with Crippen molar-refractivity contribution < 1.29 is 9.72 Å². The van der Waals surface area contributed by atoms with Crippen LogP contribution in [0.2, 0.25) is 5.02 Å². The van der Waals surface area contributed by atoms with Crippen molar-refractivity contribution in [2.24, 2.45) is 0 Å². The van der Waals surface area contributed by atoms with Gasteiger partial charge in [0.25, 0.3) is 5.69 Å². The molecule has 0 radical (unpaired) electrons. The lowest BCUT2D eigenvalue weighted by Gasteiger charge is -2.29. The summed E-state index contributed by atoms with van der Waals surface area (Å²) in [4.78, 5) is 53.6. The minimum Gasteiger partial charge on any atom is -0.338 e. The molecule has 2 N–H and O–H groups in total. The van der Waals surface area contributed by atoms with Crippen molar-refractivity contribution in [2.75, 3.05) is 6.54 Å². The molecule has 29 heavy (non-hydrogen) atoms. The van der Waals surface area contributed by atoms with Crippen LogP contribution in [0.1, 0.15) is 16.7 Å². The van der Waals surface area contributed by atoms with Crippen LogP contribution in [0.25, 0.3) is 11.0 Å². The lowest BCUT2D eigenvalue weighted by molar-refractivity contribution is -0.385. The van der Waals surface area contributed by atoms with E-state index in [1.165, 1.54) is 6.07 Å². The number of nitrogens with one attached hydrogen (secondary N) is 2. The van der Waals surface area contributed by atoms with Crippen molar-refractivity contribution in [1.29, 1.82) is 0 Å². The number of nitro groups is 1. The van der Waals surface area contributed by atoms with E-state index in [0.29, 0.717) is 28.2 Å². The highest BCUT2D eigenvalue weighted by Crippen LogP contribution is 2.32. The summed E-state index contributed by atoms with van der Waals surface area (Å²) in [6, 6.07) is 8.18. The third-order valence-corrected chi connectivity index (χ3v) is 5.27. The van der Waals surface area contributed by atoms with Gasteiger partial charge in [0, 0.05) is 35.3 Å². The molecule has 4 rings (SSSR count). The summed E-state index contributed by atoms with van der Waals surface area (Å²) < 4.78 is 0. The summed E-state index contributed by atoms with van der Waals surface area (Å²) in [5, 5.41) is 12.1. The molecule has 2 heterocycles. The maximum absolute atomic E-state index is 12.8. The maximum Gasteiger partial charge on any atom is 0.314 e. The fraction of sp³-hybridized carbons (Fsp3) is 0.211. The van der Waals surface area contributed by atoms with Gasteiger partial charge in [-0.05, 0) is 24.1 Å². The van der Waals surface area contributed by atoms with Crippen molar-refractivity contribution >= 4 is 34.2 Å². The van der Waals surface area contributed by atoms with Crippen LogP contribution in [0, 0.1) is 10.1 Å². The lowest BCUT2D eigenvalue weighted by Crippen LogP contribution is -2.38. The van der Waals surface area contributed by atoms with E-state index in [0.717, 1.165) is 5.56 Å². The number of H-pyrrole nitrogens is 2. The SMILES string of the molecule is O=C(Cc1ccc(Cl)cc1)N1CCc2c([N+](=O)[O-])cc3[nH]c(=O)c(=O)[nH]c3c2C1. The number of hydrogen-bond acceptors (Lipinski definition) is 5. The minimum atomic E-state index is -0.891. The number of halogens is 1. The van der Waals surface area contributed by atoms with Crippen LogP contribution < -0.4 is 11.1 Å². The lowest BCUT2D eigenvalue weighted by atomic mass is 9.95. The molecule has 0 bridgehead atoms. The number of benzene rings is 2. The van der Waals surface area contributed by atoms with Gasteiger partial charge < -0.3 is 14.9 Å². The fourth-order valence-corrected chi connectivity index (χ4v) is 3.72. The Morgan fingerprint density at radius 2 is 1.83 bits per heavy atom. The molecule has 1 aromatic heterocycles. The summed E-state index contributed by atoms with van der Waals surface area (Å²) in [6.45, 7) is 0.418.